The van der Waals surface area contributed by atoms with Crippen LogP contribution in [0.25, 0.3) is 10.8 Å². The molecule has 0 bridgehead atoms. The molecule has 136 valence electrons. The van der Waals surface area contributed by atoms with E-state index < -0.39 is 0 Å². The van der Waals surface area contributed by atoms with E-state index in [1.165, 1.54) is 44.1 Å². The summed E-state index contributed by atoms with van der Waals surface area (Å²) in [5, 5.41) is 1.86. The van der Waals surface area contributed by atoms with Crippen LogP contribution in [0, 0.1) is 11.7 Å². The van der Waals surface area contributed by atoms with Crippen LogP contribution < -0.4 is 0 Å². The molecular weight excluding hydrogens is 307 g/mol. The van der Waals surface area contributed by atoms with Gasteiger partial charge in [-0.2, -0.15) is 0 Å². The zero-order chi connectivity index (χ0) is 17.6. The molecule has 0 unspecified atom stereocenters. The molecule has 0 aromatic heterocycles. The fourth-order valence-electron chi connectivity index (χ4n) is 4.56. The molecule has 25 heavy (non-hydrogen) atoms. The van der Waals surface area contributed by atoms with E-state index in [1.807, 2.05) is 6.07 Å². The van der Waals surface area contributed by atoms with Crippen LogP contribution in [0.15, 0.2) is 30.3 Å². The minimum Gasteiger partial charge on any atom is -0.206 e. The maximum absolute atomic E-state index is 15.1. The summed E-state index contributed by atoms with van der Waals surface area (Å²) in [5.41, 5.74) is 2.28. The summed E-state index contributed by atoms with van der Waals surface area (Å²) in [6.07, 6.45) is 12.5. The number of hydrogen-bond donors (Lipinski definition) is 0. The largest absolute Gasteiger partial charge is 0.206 e. The van der Waals surface area contributed by atoms with Crippen molar-refractivity contribution in [1.82, 2.24) is 0 Å². The monoisotopic (exact) mass is 340 g/mol. The third-order valence-corrected chi connectivity index (χ3v) is 6.09. The molecule has 2 aromatic carbocycles. The van der Waals surface area contributed by atoms with Gasteiger partial charge in [0.05, 0.1) is 0 Å². The van der Waals surface area contributed by atoms with Crippen LogP contribution in [0.5, 0.6) is 0 Å². The van der Waals surface area contributed by atoms with E-state index in [0.717, 1.165) is 47.9 Å². The Balaban J connectivity index is 1.70. The highest BCUT2D eigenvalue weighted by Crippen LogP contribution is 2.40. The first-order valence-corrected chi connectivity index (χ1v) is 10.4. The molecule has 0 atom stereocenters. The third kappa shape index (κ3) is 4.43. The minimum atomic E-state index is 0.0370. The van der Waals surface area contributed by atoms with Gasteiger partial charge in [0.15, 0.2) is 0 Å². The van der Waals surface area contributed by atoms with E-state index in [2.05, 4.69) is 38.1 Å². The summed E-state index contributed by atoms with van der Waals surface area (Å²) < 4.78 is 15.1. The first-order valence-electron chi connectivity index (χ1n) is 10.4. The first-order chi connectivity index (χ1) is 12.2. The van der Waals surface area contributed by atoms with Crippen LogP contribution in [0.3, 0.4) is 0 Å². The number of aryl methyl sites for hydroxylation is 1. The standard InChI is InChI=1S/C24H33F/c1-3-5-6-8-18-9-12-20(13-10-18)22-16-14-21-17-19(7-4-2)11-15-23(21)24(22)25/h11,14-18,20H,3-10,12-13H2,1-2H3. The maximum Gasteiger partial charge on any atom is 0.134 e. The van der Waals surface area contributed by atoms with E-state index >= 15 is 4.39 Å². The fourth-order valence-corrected chi connectivity index (χ4v) is 4.56. The van der Waals surface area contributed by atoms with Crippen molar-refractivity contribution in [3.8, 4) is 0 Å². The molecule has 1 saturated carbocycles. The second-order valence-electron chi connectivity index (χ2n) is 7.99. The smallest absolute Gasteiger partial charge is 0.134 e. The molecule has 0 saturated heterocycles. The van der Waals surface area contributed by atoms with Gasteiger partial charge < -0.3 is 0 Å². The molecule has 0 amide bonds. The summed E-state index contributed by atoms with van der Waals surface area (Å²) in [6.45, 7) is 4.46. The molecule has 0 spiro atoms. The SMILES string of the molecule is CCCCCC1CCC(c2ccc3cc(CCC)ccc3c2F)CC1. The summed E-state index contributed by atoms with van der Waals surface area (Å²) in [5.74, 6) is 1.33. The minimum absolute atomic E-state index is 0.0370. The maximum atomic E-state index is 15.1. The van der Waals surface area contributed by atoms with Gasteiger partial charge in [-0.25, -0.2) is 4.39 Å². The molecule has 0 aliphatic heterocycles. The first kappa shape index (κ1) is 18.4. The van der Waals surface area contributed by atoms with Gasteiger partial charge in [0.1, 0.15) is 5.82 Å². The van der Waals surface area contributed by atoms with Crippen molar-refractivity contribution in [1.29, 1.82) is 0 Å². The lowest BCUT2D eigenvalue weighted by molar-refractivity contribution is 0.299. The number of halogens is 1. The summed E-state index contributed by atoms with van der Waals surface area (Å²) in [7, 11) is 0. The average molecular weight is 341 g/mol. The van der Waals surface area contributed by atoms with Gasteiger partial charge in [-0.3, -0.25) is 0 Å². The molecule has 1 fully saturated rings. The molecule has 1 aliphatic carbocycles. The van der Waals surface area contributed by atoms with Crippen molar-refractivity contribution in [3.05, 3.63) is 47.3 Å². The Morgan fingerprint density at radius 3 is 2.44 bits per heavy atom. The normalized spacial score (nSPS) is 20.9. The lowest BCUT2D eigenvalue weighted by Crippen LogP contribution is -2.14. The molecule has 0 radical (unpaired) electrons. The van der Waals surface area contributed by atoms with Crippen LogP contribution in [-0.4, -0.2) is 0 Å². The zero-order valence-corrected chi connectivity index (χ0v) is 16.0. The third-order valence-electron chi connectivity index (χ3n) is 6.09. The summed E-state index contributed by atoms with van der Waals surface area (Å²) in [6, 6.07) is 10.5. The number of hydrogen-bond acceptors (Lipinski definition) is 0. The van der Waals surface area contributed by atoms with E-state index in [4.69, 9.17) is 0 Å². The van der Waals surface area contributed by atoms with Crippen molar-refractivity contribution < 1.29 is 4.39 Å². The second kappa shape index (κ2) is 8.83. The quantitative estimate of drug-likeness (QED) is 0.451. The molecule has 3 rings (SSSR count). The number of unbranched alkanes of at least 4 members (excludes halogenated alkanes) is 2. The van der Waals surface area contributed by atoms with Crippen LogP contribution in [0.4, 0.5) is 4.39 Å². The van der Waals surface area contributed by atoms with E-state index in [-0.39, 0.29) is 5.82 Å². The summed E-state index contributed by atoms with van der Waals surface area (Å²) in [4.78, 5) is 0. The predicted octanol–water partition coefficient (Wildman–Crippen LogP) is 7.79. The lowest BCUT2D eigenvalue weighted by Gasteiger charge is -2.29. The van der Waals surface area contributed by atoms with Crippen molar-refractivity contribution in [2.75, 3.05) is 0 Å². The highest BCUT2D eigenvalue weighted by Gasteiger charge is 2.24. The molecule has 1 aliphatic rings. The Morgan fingerprint density at radius 2 is 1.72 bits per heavy atom. The highest BCUT2D eigenvalue weighted by molar-refractivity contribution is 5.84. The van der Waals surface area contributed by atoms with E-state index in [0.29, 0.717) is 5.92 Å². The molecule has 0 N–H and O–H groups in total. The van der Waals surface area contributed by atoms with Gasteiger partial charge in [-0.05, 0) is 60.5 Å². The number of benzene rings is 2. The van der Waals surface area contributed by atoms with Gasteiger partial charge >= 0.3 is 0 Å². The second-order valence-corrected chi connectivity index (χ2v) is 7.99. The van der Waals surface area contributed by atoms with Crippen molar-refractivity contribution >= 4 is 10.8 Å². The lowest BCUT2D eigenvalue weighted by atomic mass is 9.76. The van der Waals surface area contributed by atoms with Crippen LogP contribution in [0.2, 0.25) is 0 Å². The topological polar surface area (TPSA) is 0 Å². The van der Waals surface area contributed by atoms with Crippen LogP contribution in [0.1, 0.15) is 88.7 Å². The van der Waals surface area contributed by atoms with Gasteiger partial charge in [-0.15, -0.1) is 0 Å². The van der Waals surface area contributed by atoms with Gasteiger partial charge in [0, 0.05) is 5.39 Å². The Kier molecular flexibility index (Phi) is 6.51. The van der Waals surface area contributed by atoms with Crippen LogP contribution in [-0.2, 0) is 6.42 Å². The van der Waals surface area contributed by atoms with Crippen molar-refractivity contribution in [2.45, 2.75) is 84.0 Å². The number of fused-ring (bicyclic) bond motifs is 1. The Labute approximate surface area is 152 Å². The molecule has 0 nitrogen and oxygen atoms in total. The molecule has 0 heterocycles. The highest BCUT2D eigenvalue weighted by atomic mass is 19.1. The van der Waals surface area contributed by atoms with Crippen molar-refractivity contribution in [2.24, 2.45) is 5.92 Å². The van der Waals surface area contributed by atoms with Gasteiger partial charge in [-0.1, -0.05) is 76.3 Å². The average Bonchev–Trinajstić information content (AvgIpc) is 2.63. The molecular formula is C24H33F. The Morgan fingerprint density at radius 1 is 0.920 bits per heavy atom. The predicted molar refractivity (Wildman–Crippen MR) is 107 cm³/mol. The van der Waals surface area contributed by atoms with E-state index in [9.17, 15) is 0 Å². The fraction of sp³-hybridized carbons (Fsp3) is 0.583. The Bertz CT molecular complexity index is 680. The van der Waals surface area contributed by atoms with E-state index in [1.54, 1.807) is 0 Å². The van der Waals surface area contributed by atoms with Crippen LogP contribution >= 0.6 is 0 Å². The van der Waals surface area contributed by atoms with Gasteiger partial charge in [0.25, 0.3) is 0 Å². The van der Waals surface area contributed by atoms with Gasteiger partial charge in [0.2, 0.25) is 0 Å². The van der Waals surface area contributed by atoms with Crippen molar-refractivity contribution in [3.63, 3.8) is 0 Å². The summed E-state index contributed by atoms with van der Waals surface area (Å²) >= 11 is 0. The number of rotatable bonds is 7. The zero-order valence-electron chi connectivity index (χ0n) is 16.0. The Hall–Kier alpha value is -1.37. The molecule has 1 heteroatoms. The molecule has 2 aromatic rings.